The first kappa shape index (κ1) is 28.5. The number of hydroxylamine groups is 1. The van der Waals surface area contributed by atoms with Crippen molar-refractivity contribution in [2.75, 3.05) is 33.0 Å². The lowest BCUT2D eigenvalue weighted by Gasteiger charge is -2.32. The van der Waals surface area contributed by atoms with Crippen LogP contribution in [0.5, 0.6) is 0 Å². The van der Waals surface area contributed by atoms with Crippen LogP contribution in [0.15, 0.2) is 59.5 Å². The largest absolute Gasteiger partial charge is 0.444 e. The highest BCUT2D eigenvalue weighted by molar-refractivity contribution is 7.89. The fourth-order valence-electron chi connectivity index (χ4n) is 4.35. The number of aliphatic hydroxyl groups excluding tert-OH is 1. The summed E-state index contributed by atoms with van der Waals surface area (Å²) in [5.41, 5.74) is 1.78. The number of benzene rings is 2. The Hall–Kier alpha value is -2.54. The Labute approximate surface area is 223 Å². The molecule has 2 aromatic rings. The Morgan fingerprint density at radius 1 is 1.03 bits per heavy atom. The summed E-state index contributed by atoms with van der Waals surface area (Å²) in [4.78, 5) is 18.7. The van der Waals surface area contributed by atoms with Gasteiger partial charge in [0, 0.05) is 19.6 Å². The molecule has 11 heteroatoms. The zero-order valence-corrected chi connectivity index (χ0v) is 22.3. The Bertz CT molecular complexity index is 1120. The van der Waals surface area contributed by atoms with Crippen molar-refractivity contribution in [1.29, 1.82) is 0 Å². The van der Waals surface area contributed by atoms with Gasteiger partial charge in [0.1, 0.15) is 6.10 Å². The molecule has 0 bridgehead atoms. The zero-order valence-electron chi connectivity index (χ0n) is 21.5. The van der Waals surface area contributed by atoms with E-state index in [0.29, 0.717) is 45.7 Å². The van der Waals surface area contributed by atoms with E-state index in [9.17, 15) is 18.3 Å². The number of carbonyl (C=O) groups excluding carboxylic acids is 1. The van der Waals surface area contributed by atoms with Crippen LogP contribution >= 0.6 is 0 Å². The van der Waals surface area contributed by atoms with Crippen LogP contribution in [0.4, 0.5) is 4.79 Å². The van der Waals surface area contributed by atoms with Gasteiger partial charge in [-0.15, -0.1) is 0 Å². The maximum Gasteiger partial charge on any atom is 0.407 e. The molecule has 2 aromatic carbocycles. The third-order valence-corrected chi connectivity index (χ3v) is 8.22. The number of hydrogen-bond donors (Lipinski definition) is 2. The van der Waals surface area contributed by atoms with Crippen LogP contribution in [0.25, 0.3) is 0 Å². The second-order valence-corrected chi connectivity index (χ2v) is 11.4. The molecule has 0 spiro atoms. The molecule has 38 heavy (non-hydrogen) atoms. The summed E-state index contributed by atoms with van der Waals surface area (Å²) in [6.45, 7) is 3.23. The number of nitrogens with one attached hydrogen (secondary N) is 1. The van der Waals surface area contributed by atoms with Gasteiger partial charge in [0.25, 0.3) is 10.0 Å². The quantitative estimate of drug-likeness (QED) is 0.411. The number of aliphatic hydroxyl groups is 1. The fraction of sp³-hybridized carbons (Fsp3) is 0.519. The number of ether oxygens (including phenoxy) is 3. The van der Waals surface area contributed by atoms with Crippen molar-refractivity contribution in [1.82, 2.24) is 9.79 Å². The number of hydrogen-bond acceptors (Lipinski definition) is 8. The van der Waals surface area contributed by atoms with Gasteiger partial charge in [0.05, 0.1) is 42.9 Å². The number of aryl methyl sites for hydroxylation is 1. The molecule has 0 aromatic heterocycles. The number of nitrogens with zero attached hydrogens (tertiary/aromatic N) is 1. The molecule has 1 unspecified atom stereocenters. The lowest BCUT2D eigenvalue weighted by atomic mass is 10.0. The molecule has 0 saturated carbocycles. The smallest absolute Gasteiger partial charge is 0.407 e. The maximum atomic E-state index is 13.6. The number of rotatable bonds is 11. The molecule has 1 amide bonds. The Morgan fingerprint density at radius 2 is 1.68 bits per heavy atom. The lowest BCUT2D eigenvalue weighted by Crippen LogP contribution is -2.51. The van der Waals surface area contributed by atoms with E-state index in [0.717, 1.165) is 15.6 Å². The highest BCUT2D eigenvalue weighted by atomic mass is 32.2. The van der Waals surface area contributed by atoms with Crippen molar-refractivity contribution < 1.29 is 37.4 Å². The summed E-state index contributed by atoms with van der Waals surface area (Å²) in [6, 6.07) is 14.9. The van der Waals surface area contributed by atoms with Gasteiger partial charge >= 0.3 is 6.09 Å². The third kappa shape index (κ3) is 7.98. The standard InChI is InChI=1S/C27H36N2O8S/c1-20-7-9-24(10-8-20)38(32,33)29(37-22-11-14-34-15-12-22)18-26(30)25(17-21-5-3-2-4-6-21)28-27(31)36-23-13-16-35-19-23/h2-10,22-23,25-26,30H,11-19H2,1H3,(H,28,31)/t23?,25-,26+/m0/s1. The van der Waals surface area contributed by atoms with E-state index in [-0.39, 0.29) is 23.5 Å². The molecule has 2 aliphatic rings. The second kappa shape index (κ2) is 13.5. The molecular formula is C27H36N2O8S. The fourth-order valence-corrected chi connectivity index (χ4v) is 5.65. The molecule has 2 N–H and O–H groups in total. The van der Waals surface area contributed by atoms with Crippen LogP contribution in [0.1, 0.15) is 30.4 Å². The SMILES string of the molecule is Cc1ccc(S(=O)(=O)N(C[C@@H](O)[C@H](Cc2ccccc2)NC(=O)OC2CCOC2)OC2CCOCC2)cc1. The lowest BCUT2D eigenvalue weighted by molar-refractivity contribution is -0.170. The summed E-state index contributed by atoms with van der Waals surface area (Å²) in [7, 11) is -4.12. The van der Waals surface area contributed by atoms with E-state index in [4.69, 9.17) is 19.0 Å². The van der Waals surface area contributed by atoms with E-state index in [1.807, 2.05) is 37.3 Å². The summed E-state index contributed by atoms with van der Waals surface area (Å²) < 4.78 is 44.2. The van der Waals surface area contributed by atoms with Gasteiger partial charge in [-0.1, -0.05) is 52.5 Å². The summed E-state index contributed by atoms with van der Waals surface area (Å²) in [5, 5.41) is 14.1. The van der Waals surface area contributed by atoms with Gasteiger partial charge in [-0.25, -0.2) is 13.2 Å². The maximum absolute atomic E-state index is 13.6. The molecule has 0 radical (unpaired) electrons. The molecule has 3 atom stereocenters. The molecule has 2 saturated heterocycles. The van der Waals surface area contributed by atoms with Crippen LogP contribution in [-0.4, -0.2) is 81.4 Å². The van der Waals surface area contributed by atoms with Gasteiger partial charge in [-0.05, 0) is 43.9 Å². The molecule has 10 nitrogen and oxygen atoms in total. The summed E-state index contributed by atoms with van der Waals surface area (Å²) in [6.07, 6.45) is -0.839. The monoisotopic (exact) mass is 548 g/mol. The molecule has 2 heterocycles. The average Bonchev–Trinajstić information content (AvgIpc) is 3.42. The molecule has 4 rings (SSSR count). The van der Waals surface area contributed by atoms with Gasteiger partial charge in [0.15, 0.2) is 0 Å². The Kier molecular flexibility index (Phi) is 10.1. The first-order valence-corrected chi connectivity index (χ1v) is 14.4. The second-order valence-electron chi connectivity index (χ2n) is 9.62. The molecule has 2 fully saturated rings. The summed E-state index contributed by atoms with van der Waals surface area (Å²) >= 11 is 0. The summed E-state index contributed by atoms with van der Waals surface area (Å²) in [5.74, 6) is 0. The van der Waals surface area contributed by atoms with Gasteiger partial charge in [0.2, 0.25) is 0 Å². The zero-order chi connectivity index (χ0) is 27.0. The van der Waals surface area contributed by atoms with Crippen molar-refractivity contribution in [2.45, 2.75) is 61.9 Å². The predicted octanol–water partition coefficient (Wildman–Crippen LogP) is 2.58. The highest BCUT2D eigenvalue weighted by Gasteiger charge is 2.34. The average molecular weight is 549 g/mol. The van der Waals surface area contributed by atoms with Gasteiger partial charge in [-0.2, -0.15) is 0 Å². The molecule has 2 aliphatic heterocycles. The van der Waals surface area contributed by atoms with E-state index in [2.05, 4.69) is 5.32 Å². The highest BCUT2D eigenvalue weighted by Crippen LogP contribution is 2.22. The minimum atomic E-state index is -4.12. The molecular weight excluding hydrogens is 512 g/mol. The van der Waals surface area contributed by atoms with E-state index < -0.39 is 34.8 Å². The molecule has 0 aliphatic carbocycles. The number of carbonyl (C=O) groups is 1. The predicted molar refractivity (Wildman–Crippen MR) is 139 cm³/mol. The first-order valence-electron chi connectivity index (χ1n) is 12.9. The normalized spacial score (nSPS) is 20.2. The van der Waals surface area contributed by atoms with Crippen LogP contribution < -0.4 is 5.32 Å². The first-order chi connectivity index (χ1) is 18.3. The van der Waals surface area contributed by atoms with Crippen molar-refractivity contribution >= 4 is 16.1 Å². The van der Waals surface area contributed by atoms with Gasteiger partial charge in [-0.3, -0.25) is 4.84 Å². The minimum absolute atomic E-state index is 0.0515. The Morgan fingerprint density at radius 3 is 2.34 bits per heavy atom. The van der Waals surface area contributed by atoms with Crippen LogP contribution in [0.2, 0.25) is 0 Å². The number of amides is 1. The van der Waals surface area contributed by atoms with Crippen molar-refractivity contribution in [3.63, 3.8) is 0 Å². The van der Waals surface area contributed by atoms with E-state index in [1.165, 1.54) is 12.1 Å². The number of sulfonamides is 1. The van der Waals surface area contributed by atoms with Crippen LogP contribution in [0, 0.1) is 6.92 Å². The minimum Gasteiger partial charge on any atom is -0.444 e. The topological polar surface area (TPSA) is 124 Å². The number of alkyl carbamates (subject to hydrolysis) is 1. The van der Waals surface area contributed by atoms with Gasteiger partial charge < -0.3 is 24.6 Å². The van der Waals surface area contributed by atoms with Crippen molar-refractivity contribution in [3.05, 3.63) is 65.7 Å². The van der Waals surface area contributed by atoms with E-state index in [1.54, 1.807) is 12.1 Å². The third-order valence-electron chi connectivity index (χ3n) is 6.59. The molecule has 208 valence electrons. The Balaban J connectivity index is 1.54. The van der Waals surface area contributed by atoms with Crippen molar-refractivity contribution in [3.8, 4) is 0 Å². The van der Waals surface area contributed by atoms with Crippen LogP contribution in [-0.2, 0) is 35.5 Å². The van der Waals surface area contributed by atoms with Crippen molar-refractivity contribution in [2.24, 2.45) is 0 Å². The van der Waals surface area contributed by atoms with Crippen LogP contribution in [0.3, 0.4) is 0 Å². The van der Waals surface area contributed by atoms with E-state index >= 15 is 0 Å².